The van der Waals surface area contributed by atoms with Gasteiger partial charge in [-0.1, -0.05) is 28.1 Å². The van der Waals surface area contributed by atoms with E-state index in [1.54, 1.807) is 26.0 Å². The Morgan fingerprint density at radius 1 is 1.50 bits per heavy atom. The first-order chi connectivity index (χ1) is 8.58. The number of ether oxygens (including phenoxy) is 2. The summed E-state index contributed by atoms with van der Waals surface area (Å²) in [5, 5.41) is 0.291. The zero-order valence-corrected chi connectivity index (χ0v) is 11.8. The molecule has 0 aliphatic carbocycles. The molecule has 1 aromatic carbocycles. The summed E-state index contributed by atoms with van der Waals surface area (Å²) in [6.45, 7) is 3.63. The highest BCUT2D eigenvalue weighted by molar-refractivity contribution is 9.09. The average Bonchev–Trinajstić information content (AvgIpc) is 2.34. The van der Waals surface area contributed by atoms with E-state index in [9.17, 15) is 9.18 Å². The molecule has 0 spiro atoms. The van der Waals surface area contributed by atoms with Gasteiger partial charge < -0.3 is 9.47 Å². The van der Waals surface area contributed by atoms with Crippen molar-refractivity contribution in [3.05, 3.63) is 41.4 Å². The van der Waals surface area contributed by atoms with E-state index in [2.05, 4.69) is 15.9 Å². The predicted octanol–water partition coefficient (Wildman–Crippen LogP) is 3.35. The van der Waals surface area contributed by atoms with E-state index in [0.29, 0.717) is 10.9 Å². The van der Waals surface area contributed by atoms with E-state index in [4.69, 9.17) is 9.47 Å². The number of rotatable bonds is 5. The van der Waals surface area contributed by atoms with Crippen molar-refractivity contribution in [1.82, 2.24) is 0 Å². The van der Waals surface area contributed by atoms with Crippen LogP contribution in [0.2, 0.25) is 0 Å². The summed E-state index contributed by atoms with van der Waals surface area (Å²) in [4.78, 5) is 11.3. The molecule has 0 atom stereocenters. The Labute approximate surface area is 114 Å². The monoisotopic (exact) mass is 316 g/mol. The third-order valence-electron chi connectivity index (χ3n) is 2.09. The Morgan fingerprint density at radius 2 is 2.22 bits per heavy atom. The van der Waals surface area contributed by atoms with Crippen LogP contribution < -0.4 is 4.74 Å². The maximum atomic E-state index is 13.7. The lowest BCUT2D eigenvalue weighted by molar-refractivity contribution is -0.137. The summed E-state index contributed by atoms with van der Waals surface area (Å²) in [6, 6.07) is 4.83. The van der Waals surface area contributed by atoms with E-state index < -0.39 is 11.8 Å². The van der Waals surface area contributed by atoms with Crippen LogP contribution in [0, 0.1) is 12.7 Å². The molecule has 98 valence electrons. The Morgan fingerprint density at radius 3 is 2.83 bits per heavy atom. The molecule has 0 unspecified atom stereocenters. The lowest BCUT2D eigenvalue weighted by atomic mass is 10.2. The van der Waals surface area contributed by atoms with Gasteiger partial charge in [0.1, 0.15) is 5.76 Å². The highest BCUT2D eigenvalue weighted by Gasteiger charge is 2.09. The number of halogens is 2. The second-order valence-corrected chi connectivity index (χ2v) is 4.05. The van der Waals surface area contributed by atoms with Crippen molar-refractivity contribution in [3.63, 3.8) is 0 Å². The van der Waals surface area contributed by atoms with E-state index in [1.807, 2.05) is 0 Å². The quantitative estimate of drug-likeness (QED) is 0.362. The van der Waals surface area contributed by atoms with Crippen LogP contribution in [0.4, 0.5) is 4.39 Å². The summed E-state index contributed by atoms with van der Waals surface area (Å²) < 4.78 is 23.8. The zero-order valence-electron chi connectivity index (χ0n) is 10.2. The molecule has 0 aliphatic rings. The summed E-state index contributed by atoms with van der Waals surface area (Å²) >= 11 is 3.17. The molecule has 5 heteroatoms. The molecule has 0 N–H and O–H groups in total. The molecule has 1 rings (SSSR count). The fourth-order valence-electron chi connectivity index (χ4n) is 1.25. The van der Waals surface area contributed by atoms with Crippen molar-refractivity contribution in [2.45, 2.75) is 13.8 Å². The van der Waals surface area contributed by atoms with Gasteiger partial charge in [-0.05, 0) is 25.5 Å². The number of aryl methyl sites for hydroxylation is 1. The number of alkyl halides is 1. The van der Waals surface area contributed by atoms with Gasteiger partial charge in [0.2, 0.25) is 0 Å². The Hall–Kier alpha value is -1.36. The summed E-state index contributed by atoms with van der Waals surface area (Å²) in [7, 11) is 0. The number of hydrogen-bond donors (Lipinski definition) is 0. The maximum absolute atomic E-state index is 13.7. The Balaban J connectivity index is 2.86. The van der Waals surface area contributed by atoms with E-state index in [0.717, 1.165) is 0 Å². The minimum Gasteiger partial charge on any atom is -0.463 e. The van der Waals surface area contributed by atoms with Gasteiger partial charge in [0.15, 0.2) is 11.6 Å². The lowest BCUT2D eigenvalue weighted by Crippen LogP contribution is -2.06. The fraction of sp³-hybridized carbons (Fsp3) is 0.308. The molecule has 0 amide bonds. The van der Waals surface area contributed by atoms with Crippen molar-refractivity contribution in [1.29, 1.82) is 0 Å². The number of hydrogen-bond acceptors (Lipinski definition) is 3. The largest absolute Gasteiger partial charge is 0.463 e. The molecular weight excluding hydrogens is 303 g/mol. The molecule has 0 fully saturated rings. The topological polar surface area (TPSA) is 35.5 Å². The second kappa shape index (κ2) is 7.16. The molecule has 0 radical (unpaired) electrons. The average molecular weight is 317 g/mol. The van der Waals surface area contributed by atoms with Crippen molar-refractivity contribution in [2.75, 3.05) is 11.9 Å². The van der Waals surface area contributed by atoms with Crippen LogP contribution in [-0.4, -0.2) is 17.9 Å². The van der Waals surface area contributed by atoms with Gasteiger partial charge in [0.05, 0.1) is 18.0 Å². The molecular formula is C13H14BrFO3. The van der Waals surface area contributed by atoms with Crippen LogP contribution in [0.1, 0.15) is 12.5 Å². The molecule has 1 aromatic rings. The number of esters is 1. The Bertz CT molecular complexity index is 458. The third-order valence-corrected chi connectivity index (χ3v) is 2.65. The first-order valence-electron chi connectivity index (χ1n) is 5.44. The highest BCUT2D eigenvalue weighted by Crippen LogP contribution is 2.22. The van der Waals surface area contributed by atoms with Crippen LogP contribution in [-0.2, 0) is 9.53 Å². The van der Waals surface area contributed by atoms with Gasteiger partial charge >= 0.3 is 5.97 Å². The number of carbonyl (C=O) groups excluding carboxylic acids is 1. The van der Waals surface area contributed by atoms with Gasteiger partial charge in [0, 0.05) is 0 Å². The fourth-order valence-corrected chi connectivity index (χ4v) is 1.53. The summed E-state index contributed by atoms with van der Waals surface area (Å²) in [5.41, 5.74) is 0.484. The van der Waals surface area contributed by atoms with Crippen LogP contribution in [0.25, 0.3) is 0 Å². The minimum absolute atomic E-state index is 0.0880. The molecule has 18 heavy (non-hydrogen) atoms. The molecule has 3 nitrogen and oxygen atoms in total. The first-order valence-corrected chi connectivity index (χ1v) is 6.56. The van der Waals surface area contributed by atoms with Gasteiger partial charge in [0.25, 0.3) is 0 Å². The van der Waals surface area contributed by atoms with Gasteiger partial charge in [-0.25, -0.2) is 9.18 Å². The molecule has 0 aromatic heterocycles. The van der Waals surface area contributed by atoms with E-state index in [1.165, 1.54) is 12.1 Å². The standard InChI is InChI=1S/C13H14BrFO3/c1-3-17-12(16)7-10(8-14)18-11-6-4-5-9(2)13(11)15/h4-7H,3,8H2,1-2H3. The van der Waals surface area contributed by atoms with Crippen molar-refractivity contribution in [2.24, 2.45) is 0 Å². The highest BCUT2D eigenvalue weighted by atomic mass is 79.9. The summed E-state index contributed by atoms with van der Waals surface area (Å²) in [6.07, 6.45) is 1.19. The SMILES string of the molecule is CCOC(=O)C=C(CBr)Oc1cccc(C)c1F. The van der Waals surface area contributed by atoms with E-state index >= 15 is 0 Å². The molecule has 0 saturated carbocycles. The zero-order chi connectivity index (χ0) is 13.5. The number of allylic oxidation sites excluding steroid dienone is 1. The van der Waals surface area contributed by atoms with Crippen molar-refractivity contribution in [3.8, 4) is 5.75 Å². The van der Waals surface area contributed by atoms with Crippen molar-refractivity contribution >= 4 is 21.9 Å². The normalized spacial score (nSPS) is 11.2. The van der Waals surface area contributed by atoms with Gasteiger partial charge in [-0.2, -0.15) is 0 Å². The van der Waals surface area contributed by atoms with Crippen LogP contribution in [0.15, 0.2) is 30.0 Å². The maximum Gasteiger partial charge on any atom is 0.334 e. The molecule has 0 heterocycles. The predicted molar refractivity (Wildman–Crippen MR) is 70.3 cm³/mol. The van der Waals surface area contributed by atoms with Crippen molar-refractivity contribution < 1.29 is 18.7 Å². The van der Waals surface area contributed by atoms with Crippen LogP contribution in [0.3, 0.4) is 0 Å². The lowest BCUT2D eigenvalue weighted by Gasteiger charge is -2.09. The molecule has 0 saturated heterocycles. The van der Waals surface area contributed by atoms with E-state index in [-0.39, 0.29) is 18.1 Å². The smallest absolute Gasteiger partial charge is 0.334 e. The number of carbonyl (C=O) groups is 1. The molecule has 0 bridgehead atoms. The second-order valence-electron chi connectivity index (χ2n) is 3.49. The third kappa shape index (κ3) is 4.14. The van der Waals surface area contributed by atoms with Crippen LogP contribution in [0.5, 0.6) is 5.75 Å². The Kier molecular flexibility index (Phi) is 5.85. The minimum atomic E-state index is -0.514. The van der Waals surface area contributed by atoms with Gasteiger partial charge in [-0.3, -0.25) is 0 Å². The summed E-state index contributed by atoms with van der Waals surface area (Å²) in [5.74, 6) is -0.573. The first kappa shape index (κ1) is 14.7. The molecule has 0 aliphatic heterocycles. The van der Waals surface area contributed by atoms with Gasteiger partial charge in [-0.15, -0.1) is 0 Å². The van der Waals surface area contributed by atoms with Crippen LogP contribution >= 0.6 is 15.9 Å². The number of benzene rings is 1.